The fourth-order valence-electron chi connectivity index (χ4n) is 3.05. The first-order chi connectivity index (χ1) is 11.7. The number of ether oxygens (including phenoxy) is 2. The average Bonchev–Trinajstić information content (AvgIpc) is 3.13. The van der Waals surface area contributed by atoms with E-state index in [9.17, 15) is 4.79 Å². The van der Waals surface area contributed by atoms with Gasteiger partial charge in [-0.05, 0) is 38.9 Å². The first-order valence-electron chi connectivity index (χ1n) is 8.64. The maximum absolute atomic E-state index is 12.4. The second-order valence-corrected chi connectivity index (χ2v) is 5.94. The Hall–Kier alpha value is -1.95. The van der Waals surface area contributed by atoms with Crippen LogP contribution in [0.25, 0.3) is 0 Å². The predicted molar refractivity (Wildman–Crippen MR) is 94.7 cm³/mol. The molecule has 1 saturated heterocycles. The Morgan fingerprint density at radius 2 is 2.00 bits per heavy atom. The highest BCUT2D eigenvalue weighted by Crippen LogP contribution is 2.30. The van der Waals surface area contributed by atoms with Gasteiger partial charge in [0.25, 0.3) is 0 Å². The van der Waals surface area contributed by atoms with E-state index in [4.69, 9.17) is 9.47 Å². The van der Waals surface area contributed by atoms with Gasteiger partial charge in [0.05, 0.1) is 14.2 Å². The molecule has 1 fully saturated rings. The van der Waals surface area contributed by atoms with Gasteiger partial charge in [0.1, 0.15) is 0 Å². The van der Waals surface area contributed by atoms with E-state index in [0.29, 0.717) is 24.6 Å². The van der Waals surface area contributed by atoms with E-state index in [0.717, 1.165) is 31.7 Å². The van der Waals surface area contributed by atoms with Crippen LogP contribution in [0.2, 0.25) is 0 Å². The summed E-state index contributed by atoms with van der Waals surface area (Å²) in [5.74, 6) is 1.34. The summed E-state index contributed by atoms with van der Waals surface area (Å²) in [4.78, 5) is 16.7. The number of urea groups is 1. The predicted octanol–water partition coefficient (Wildman–Crippen LogP) is 2.33. The standard InChI is InChI=1S/C18H29N3O3/c1-4-21(13-12-20-10-5-6-11-20)18(22)19-14-15-8-7-9-16(23-2)17(15)24-3/h7-9H,4-6,10-14H2,1-3H3,(H,19,22). The SMILES string of the molecule is CCN(CCN1CCCC1)C(=O)NCc1cccc(OC)c1OC. The lowest BCUT2D eigenvalue weighted by atomic mass is 10.2. The zero-order valence-electron chi connectivity index (χ0n) is 15.0. The van der Waals surface area contributed by atoms with Crippen LogP contribution in [0.1, 0.15) is 25.3 Å². The Kier molecular flexibility index (Phi) is 7.18. The highest BCUT2D eigenvalue weighted by molar-refractivity contribution is 5.74. The number of likely N-dealkylation sites (tertiary alicyclic amines) is 1. The van der Waals surface area contributed by atoms with Crippen molar-refractivity contribution in [1.82, 2.24) is 15.1 Å². The summed E-state index contributed by atoms with van der Waals surface area (Å²) in [7, 11) is 3.22. The molecular formula is C18H29N3O3. The molecular weight excluding hydrogens is 306 g/mol. The second kappa shape index (κ2) is 9.37. The molecule has 0 aromatic heterocycles. The molecule has 24 heavy (non-hydrogen) atoms. The molecule has 134 valence electrons. The molecule has 0 atom stereocenters. The summed E-state index contributed by atoms with van der Waals surface area (Å²) in [6.45, 7) is 7.14. The van der Waals surface area contributed by atoms with E-state index in [1.54, 1.807) is 14.2 Å². The third kappa shape index (κ3) is 4.77. The number of hydrogen-bond donors (Lipinski definition) is 1. The van der Waals surface area contributed by atoms with Crippen molar-refractivity contribution in [3.63, 3.8) is 0 Å². The number of hydrogen-bond acceptors (Lipinski definition) is 4. The minimum atomic E-state index is -0.0402. The first-order valence-corrected chi connectivity index (χ1v) is 8.64. The van der Waals surface area contributed by atoms with Crippen LogP contribution in [0.4, 0.5) is 4.79 Å². The Bertz CT molecular complexity index is 530. The van der Waals surface area contributed by atoms with Gasteiger partial charge in [-0.15, -0.1) is 0 Å². The van der Waals surface area contributed by atoms with Gasteiger partial charge in [0.15, 0.2) is 11.5 Å². The van der Waals surface area contributed by atoms with Crippen molar-refractivity contribution in [3.8, 4) is 11.5 Å². The van der Waals surface area contributed by atoms with Crippen LogP contribution in [0.5, 0.6) is 11.5 Å². The lowest BCUT2D eigenvalue weighted by Crippen LogP contribution is -2.43. The third-order valence-corrected chi connectivity index (χ3v) is 4.47. The molecule has 0 saturated carbocycles. The van der Waals surface area contributed by atoms with Crippen LogP contribution in [-0.2, 0) is 6.54 Å². The quantitative estimate of drug-likeness (QED) is 0.792. The molecule has 0 unspecified atom stereocenters. The fraction of sp³-hybridized carbons (Fsp3) is 0.611. The summed E-state index contributed by atoms with van der Waals surface area (Å²) < 4.78 is 10.7. The Balaban J connectivity index is 1.88. The van der Waals surface area contributed by atoms with Gasteiger partial charge in [0, 0.05) is 31.7 Å². The molecule has 1 N–H and O–H groups in total. The van der Waals surface area contributed by atoms with Crippen LogP contribution in [0.15, 0.2) is 18.2 Å². The lowest BCUT2D eigenvalue weighted by molar-refractivity contribution is 0.190. The number of amides is 2. The van der Waals surface area contributed by atoms with E-state index in [1.807, 2.05) is 30.0 Å². The Labute approximate surface area is 144 Å². The number of nitrogens with zero attached hydrogens (tertiary/aromatic N) is 2. The summed E-state index contributed by atoms with van der Waals surface area (Å²) >= 11 is 0. The van der Waals surface area contributed by atoms with E-state index in [1.165, 1.54) is 12.8 Å². The number of nitrogens with one attached hydrogen (secondary N) is 1. The molecule has 0 spiro atoms. The zero-order chi connectivity index (χ0) is 17.4. The monoisotopic (exact) mass is 335 g/mol. The van der Waals surface area contributed by atoms with E-state index in [2.05, 4.69) is 10.2 Å². The molecule has 0 aliphatic carbocycles. The van der Waals surface area contributed by atoms with Gasteiger partial charge in [0.2, 0.25) is 0 Å². The number of likely N-dealkylation sites (N-methyl/N-ethyl adjacent to an activating group) is 1. The van der Waals surface area contributed by atoms with Crippen LogP contribution < -0.4 is 14.8 Å². The van der Waals surface area contributed by atoms with Crippen molar-refractivity contribution in [2.75, 3.05) is 46.9 Å². The molecule has 6 nitrogen and oxygen atoms in total. The van der Waals surface area contributed by atoms with Gasteiger partial charge in [-0.3, -0.25) is 0 Å². The number of carbonyl (C=O) groups is 1. The molecule has 1 aliphatic rings. The average molecular weight is 335 g/mol. The fourth-order valence-corrected chi connectivity index (χ4v) is 3.05. The molecule has 1 aliphatic heterocycles. The second-order valence-electron chi connectivity index (χ2n) is 5.94. The lowest BCUT2D eigenvalue weighted by Gasteiger charge is -2.24. The normalized spacial score (nSPS) is 14.5. The van der Waals surface area contributed by atoms with Crippen molar-refractivity contribution in [1.29, 1.82) is 0 Å². The molecule has 0 radical (unpaired) electrons. The largest absolute Gasteiger partial charge is 0.493 e. The van der Waals surface area contributed by atoms with Crippen LogP contribution in [0.3, 0.4) is 0 Å². The Morgan fingerprint density at radius 3 is 2.62 bits per heavy atom. The van der Waals surface area contributed by atoms with Crippen molar-refractivity contribution in [3.05, 3.63) is 23.8 Å². The Morgan fingerprint density at radius 1 is 1.25 bits per heavy atom. The number of carbonyl (C=O) groups excluding carboxylic acids is 1. The van der Waals surface area contributed by atoms with Crippen molar-refractivity contribution < 1.29 is 14.3 Å². The van der Waals surface area contributed by atoms with Gasteiger partial charge >= 0.3 is 6.03 Å². The van der Waals surface area contributed by atoms with Crippen LogP contribution >= 0.6 is 0 Å². The van der Waals surface area contributed by atoms with Gasteiger partial charge in [-0.2, -0.15) is 0 Å². The van der Waals surface area contributed by atoms with Crippen molar-refractivity contribution >= 4 is 6.03 Å². The maximum Gasteiger partial charge on any atom is 0.317 e. The smallest absolute Gasteiger partial charge is 0.317 e. The molecule has 6 heteroatoms. The minimum Gasteiger partial charge on any atom is -0.493 e. The summed E-state index contributed by atoms with van der Waals surface area (Å²) in [5, 5.41) is 2.98. The van der Waals surface area contributed by atoms with Gasteiger partial charge < -0.3 is 24.6 Å². The maximum atomic E-state index is 12.4. The molecule has 1 aromatic rings. The van der Waals surface area contributed by atoms with Crippen LogP contribution in [-0.4, -0.2) is 62.8 Å². The van der Waals surface area contributed by atoms with Crippen LogP contribution in [0, 0.1) is 0 Å². The summed E-state index contributed by atoms with van der Waals surface area (Å²) in [6, 6.07) is 5.63. The topological polar surface area (TPSA) is 54.0 Å². The highest BCUT2D eigenvalue weighted by Gasteiger charge is 2.16. The number of benzene rings is 1. The highest BCUT2D eigenvalue weighted by atomic mass is 16.5. The zero-order valence-corrected chi connectivity index (χ0v) is 15.0. The molecule has 2 rings (SSSR count). The van der Waals surface area contributed by atoms with Crippen molar-refractivity contribution in [2.24, 2.45) is 0 Å². The minimum absolute atomic E-state index is 0.0402. The molecule has 0 bridgehead atoms. The molecule has 1 aromatic carbocycles. The third-order valence-electron chi connectivity index (χ3n) is 4.47. The molecule has 1 heterocycles. The number of methoxy groups -OCH3 is 2. The van der Waals surface area contributed by atoms with Gasteiger partial charge in [-0.1, -0.05) is 12.1 Å². The van der Waals surface area contributed by atoms with Gasteiger partial charge in [-0.25, -0.2) is 4.79 Å². The number of para-hydroxylation sites is 1. The number of rotatable bonds is 8. The van der Waals surface area contributed by atoms with Crippen molar-refractivity contribution in [2.45, 2.75) is 26.3 Å². The summed E-state index contributed by atoms with van der Waals surface area (Å²) in [6.07, 6.45) is 2.54. The first kappa shape index (κ1) is 18.4. The van der Waals surface area contributed by atoms with E-state index < -0.39 is 0 Å². The van der Waals surface area contributed by atoms with E-state index >= 15 is 0 Å². The van der Waals surface area contributed by atoms with E-state index in [-0.39, 0.29) is 6.03 Å². The molecule has 2 amide bonds. The summed E-state index contributed by atoms with van der Waals surface area (Å²) in [5.41, 5.74) is 0.904.